The van der Waals surface area contributed by atoms with Crippen LogP contribution in [0.1, 0.15) is 59.0 Å². The first-order valence-corrected chi connectivity index (χ1v) is 9.91. The monoisotopic (exact) mass is 386 g/mol. The first-order chi connectivity index (χ1) is 14.1. The number of hydrogen-bond donors (Lipinski definition) is 1. The van der Waals surface area contributed by atoms with Crippen LogP contribution in [-0.4, -0.2) is 20.6 Å². The smallest absolute Gasteiger partial charge is 0.259 e. The van der Waals surface area contributed by atoms with Crippen molar-refractivity contribution in [3.8, 4) is 5.69 Å². The molecule has 0 bridgehead atoms. The van der Waals surface area contributed by atoms with Crippen LogP contribution < -0.4 is 5.32 Å². The van der Waals surface area contributed by atoms with Gasteiger partial charge in [0.2, 0.25) is 0 Å². The third-order valence-corrected chi connectivity index (χ3v) is 5.52. The summed E-state index contributed by atoms with van der Waals surface area (Å²) in [5.41, 5.74) is 4.77. The van der Waals surface area contributed by atoms with E-state index in [4.69, 9.17) is 4.52 Å². The summed E-state index contributed by atoms with van der Waals surface area (Å²) < 4.78 is 7.40. The zero-order valence-corrected chi connectivity index (χ0v) is 16.4. The van der Waals surface area contributed by atoms with E-state index in [1.54, 1.807) is 0 Å². The largest absolute Gasteiger partial charge is 0.345 e. The minimum atomic E-state index is -0.132. The molecule has 6 heteroatoms. The number of amides is 1. The van der Waals surface area contributed by atoms with Crippen LogP contribution in [0.4, 0.5) is 0 Å². The summed E-state index contributed by atoms with van der Waals surface area (Å²) in [6.45, 7) is 3.83. The van der Waals surface area contributed by atoms with Gasteiger partial charge in [0.05, 0.1) is 22.7 Å². The van der Waals surface area contributed by atoms with Gasteiger partial charge in [-0.05, 0) is 62.6 Å². The SMILES string of the molecule is Cc1noc2nc(C3CC3)cc(C(=O)NC(C)c3ccc(-n4cccc4)cc3)c12. The van der Waals surface area contributed by atoms with Gasteiger partial charge in [-0.1, -0.05) is 17.3 Å². The summed E-state index contributed by atoms with van der Waals surface area (Å²) in [7, 11) is 0. The highest BCUT2D eigenvalue weighted by atomic mass is 16.5. The van der Waals surface area contributed by atoms with Crippen LogP contribution in [0.25, 0.3) is 16.8 Å². The minimum absolute atomic E-state index is 0.131. The summed E-state index contributed by atoms with van der Waals surface area (Å²) in [6, 6.07) is 14.0. The summed E-state index contributed by atoms with van der Waals surface area (Å²) in [6.07, 6.45) is 6.23. The summed E-state index contributed by atoms with van der Waals surface area (Å²) >= 11 is 0. The molecule has 1 N–H and O–H groups in total. The van der Waals surface area contributed by atoms with Gasteiger partial charge in [0.15, 0.2) is 0 Å². The van der Waals surface area contributed by atoms with Crippen molar-refractivity contribution in [3.63, 3.8) is 0 Å². The van der Waals surface area contributed by atoms with Gasteiger partial charge in [0.1, 0.15) is 0 Å². The lowest BCUT2D eigenvalue weighted by Crippen LogP contribution is -2.27. The van der Waals surface area contributed by atoms with Crippen molar-refractivity contribution < 1.29 is 9.32 Å². The lowest BCUT2D eigenvalue weighted by Gasteiger charge is -2.16. The molecule has 29 heavy (non-hydrogen) atoms. The highest BCUT2D eigenvalue weighted by Gasteiger charge is 2.29. The Labute approximate surface area is 168 Å². The fourth-order valence-corrected chi connectivity index (χ4v) is 3.68. The molecule has 1 unspecified atom stereocenters. The fourth-order valence-electron chi connectivity index (χ4n) is 3.68. The van der Waals surface area contributed by atoms with Crippen LogP contribution in [0.15, 0.2) is 59.4 Å². The lowest BCUT2D eigenvalue weighted by molar-refractivity contribution is 0.0941. The van der Waals surface area contributed by atoms with Gasteiger partial charge in [0.25, 0.3) is 11.6 Å². The zero-order chi connectivity index (χ0) is 20.0. The van der Waals surface area contributed by atoms with E-state index in [0.29, 0.717) is 28.3 Å². The van der Waals surface area contributed by atoms with Gasteiger partial charge in [-0.2, -0.15) is 0 Å². The van der Waals surface area contributed by atoms with E-state index in [9.17, 15) is 4.79 Å². The molecule has 4 aromatic rings. The molecule has 1 fully saturated rings. The Morgan fingerprint density at radius 3 is 2.62 bits per heavy atom. The molecule has 0 aliphatic heterocycles. The van der Waals surface area contributed by atoms with E-state index >= 15 is 0 Å². The predicted octanol–water partition coefficient (Wildman–Crippen LogP) is 4.69. The highest BCUT2D eigenvalue weighted by Crippen LogP contribution is 2.40. The second kappa shape index (κ2) is 6.88. The standard InChI is InChI=1S/C23H22N4O2/c1-14(16-7-9-18(10-8-16)27-11-3-4-12-27)24-22(28)19-13-20(17-5-6-17)25-23-21(19)15(2)26-29-23/h3-4,7-14,17H,5-6H2,1-2H3,(H,24,28). The van der Waals surface area contributed by atoms with Gasteiger partial charge < -0.3 is 14.4 Å². The number of benzene rings is 1. The van der Waals surface area contributed by atoms with Crippen LogP contribution >= 0.6 is 0 Å². The number of nitrogens with zero attached hydrogens (tertiary/aromatic N) is 3. The average molecular weight is 386 g/mol. The number of fused-ring (bicyclic) bond motifs is 1. The number of pyridine rings is 1. The molecule has 1 saturated carbocycles. The number of aryl methyl sites for hydroxylation is 1. The second-order valence-corrected chi connectivity index (χ2v) is 7.69. The Hall–Kier alpha value is -3.41. The van der Waals surface area contributed by atoms with E-state index in [1.807, 2.05) is 56.6 Å². The molecule has 1 atom stereocenters. The normalized spacial score (nSPS) is 14.8. The molecule has 1 aliphatic carbocycles. The maximum atomic E-state index is 13.1. The molecule has 1 amide bonds. The Balaban J connectivity index is 1.40. The number of rotatable bonds is 5. The molecule has 1 aromatic carbocycles. The van der Waals surface area contributed by atoms with Crippen molar-refractivity contribution in [2.24, 2.45) is 0 Å². The maximum Gasteiger partial charge on any atom is 0.259 e. The summed E-state index contributed by atoms with van der Waals surface area (Å²) in [4.78, 5) is 17.7. The molecule has 5 rings (SSSR count). The van der Waals surface area contributed by atoms with Crippen molar-refractivity contribution in [3.05, 3.63) is 77.4 Å². The zero-order valence-electron chi connectivity index (χ0n) is 16.4. The predicted molar refractivity (Wildman–Crippen MR) is 110 cm³/mol. The summed E-state index contributed by atoms with van der Waals surface area (Å²) in [5.74, 6) is 0.294. The Morgan fingerprint density at radius 1 is 1.21 bits per heavy atom. The number of hydrogen-bond acceptors (Lipinski definition) is 4. The summed E-state index contributed by atoms with van der Waals surface area (Å²) in [5, 5.41) is 7.83. The van der Waals surface area contributed by atoms with Crippen molar-refractivity contribution in [1.29, 1.82) is 0 Å². The quantitative estimate of drug-likeness (QED) is 0.540. The van der Waals surface area contributed by atoms with Gasteiger partial charge >= 0.3 is 0 Å². The van der Waals surface area contributed by atoms with Crippen molar-refractivity contribution >= 4 is 17.0 Å². The molecular weight excluding hydrogens is 364 g/mol. The lowest BCUT2D eigenvalue weighted by atomic mass is 10.0. The topological polar surface area (TPSA) is 72.9 Å². The number of carbonyl (C=O) groups is 1. The van der Waals surface area contributed by atoms with Crippen LogP contribution in [0.5, 0.6) is 0 Å². The Morgan fingerprint density at radius 2 is 1.93 bits per heavy atom. The van der Waals surface area contributed by atoms with Crippen LogP contribution in [0.2, 0.25) is 0 Å². The Bertz CT molecular complexity index is 1170. The van der Waals surface area contributed by atoms with Crippen molar-refractivity contribution in [1.82, 2.24) is 20.0 Å². The molecule has 6 nitrogen and oxygen atoms in total. The molecule has 3 heterocycles. The molecule has 0 radical (unpaired) electrons. The number of aromatic nitrogens is 3. The highest BCUT2D eigenvalue weighted by molar-refractivity contribution is 6.06. The van der Waals surface area contributed by atoms with Crippen molar-refractivity contribution in [2.75, 3.05) is 0 Å². The van der Waals surface area contributed by atoms with E-state index in [-0.39, 0.29) is 11.9 Å². The Kier molecular flexibility index (Phi) is 4.19. The van der Waals surface area contributed by atoms with E-state index in [1.165, 1.54) is 0 Å². The van der Waals surface area contributed by atoms with Gasteiger partial charge in [-0.3, -0.25) is 4.79 Å². The van der Waals surface area contributed by atoms with Gasteiger partial charge in [0, 0.05) is 29.7 Å². The molecule has 3 aromatic heterocycles. The van der Waals surface area contributed by atoms with E-state index < -0.39 is 0 Å². The molecule has 146 valence electrons. The van der Waals surface area contributed by atoms with Crippen LogP contribution in [0, 0.1) is 6.92 Å². The molecule has 0 spiro atoms. The van der Waals surface area contributed by atoms with E-state index in [0.717, 1.165) is 29.8 Å². The second-order valence-electron chi connectivity index (χ2n) is 7.69. The third-order valence-electron chi connectivity index (χ3n) is 5.52. The maximum absolute atomic E-state index is 13.1. The van der Waals surface area contributed by atoms with Crippen LogP contribution in [-0.2, 0) is 0 Å². The van der Waals surface area contributed by atoms with Crippen molar-refractivity contribution in [2.45, 2.75) is 38.6 Å². The number of carbonyl (C=O) groups excluding carboxylic acids is 1. The van der Waals surface area contributed by atoms with Crippen LogP contribution in [0.3, 0.4) is 0 Å². The first-order valence-electron chi connectivity index (χ1n) is 9.91. The van der Waals surface area contributed by atoms with Gasteiger partial charge in [-0.15, -0.1) is 0 Å². The average Bonchev–Trinajstić information content (AvgIpc) is 3.31. The molecule has 1 aliphatic rings. The van der Waals surface area contributed by atoms with E-state index in [2.05, 4.69) is 32.2 Å². The van der Waals surface area contributed by atoms with Gasteiger partial charge in [-0.25, -0.2) is 4.98 Å². The number of nitrogens with one attached hydrogen (secondary N) is 1. The first kappa shape index (κ1) is 17.7. The third kappa shape index (κ3) is 3.31. The molecular formula is C23H22N4O2. The fraction of sp³-hybridized carbons (Fsp3) is 0.261. The molecule has 0 saturated heterocycles. The minimum Gasteiger partial charge on any atom is -0.345 e.